The lowest BCUT2D eigenvalue weighted by Gasteiger charge is -2.34. The lowest BCUT2D eigenvalue weighted by atomic mass is 9.70. The van der Waals surface area contributed by atoms with Crippen molar-refractivity contribution in [3.63, 3.8) is 0 Å². The van der Waals surface area contributed by atoms with Crippen LogP contribution in [0.3, 0.4) is 0 Å². The van der Waals surface area contributed by atoms with Gasteiger partial charge in [-0.05, 0) is 59.9 Å². The van der Waals surface area contributed by atoms with Gasteiger partial charge >= 0.3 is 5.97 Å². The van der Waals surface area contributed by atoms with Gasteiger partial charge in [-0.2, -0.15) is 4.39 Å². The molecule has 1 aliphatic carbocycles. The molecular formula is C22H29FO3. The Labute approximate surface area is 155 Å². The van der Waals surface area contributed by atoms with Gasteiger partial charge in [-0.25, -0.2) is 4.79 Å². The highest BCUT2D eigenvalue weighted by molar-refractivity contribution is 5.95. The normalized spacial score (nSPS) is 16.7. The first-order valence-corrected chi connectivity index (χ1v) is 9.22. The molecular weight excluding hydrogens is 331 g/mol. The van der Waals surface area contributed by atoms with Crippen LogP contribution in [-0.4, -0.2) is 17.7 Å². The molecule has 0 spiro atoms. The van der Waals surface area contributed by atoms with Gasteiger partial charge in [-0.15, -0.1) is 0 Å². The van der Waals surface area contributed by atoms with Crippen LogP contribution in [0.5, 0.6) is 5.75 Å². The maximum Gasteiger partial charge on any atom is 0.365 e. The monoisotopic (exact) mass is 360 g/mol. The molecule has 26 heavy (non-hydrogen) atoms. The SMILES string of the molecule is CCCOc1cc2c(cc1C(C)=C(F)C(=O)O)C(C(C)C)=CCC2(C)C. The van der Waals surface area contributed by atoms with Crippen LogP contribution < -0.4 is 4.74 Å². The number of hydrogen-bond donors (Lipinski definition) is 1. The Hall–Kier alpha value is -2.10. The smallest absolute Gasteiger partial charge is 0.365 e. The summed E-state index contributed by atoms with van der Waals surface area (Å²) in [7, 11) is 0. The quantitative estimate of drug-likeness (QED) is 0.635. The molecule has 0 amide bonds. The van der Waals surface area contributed by atoms with Crippen molar-refractivity contribution >= 4 is 17.1 Å². The summed E-state index contributed by atoms with van der Waals surface area (Å²) in [5.41, 5.74) is 4.00. The number of carbonyl (C=O) groups is 1. The standard InChI is InChI=1S/C22H29FO3/c1-7-10-26-19-12-18-17(11-16(19)14(4)20(23)21(24)25)15(13(2)3)8-9-22(18,5)6/h8,11-13H,7,9-10H2,1-6H3,(H,24,25). The molecule has 0 aromatic heterocycles. The first kappa shape index (κ1) is 20.2. The Balaban J connectivity index is 2.76. The number of hydrogen-bond acceptors (Lipinski definition) is 2. The highest BCUT2D eigenvalue weighted by Crippen LogP contribution is 2.45. The molecule has 1 aromatic carbocycles. The van der Waals surface area contributed by atoms with Crippen molar-refractivity contribution in [3.8, 4) is 5.75 Å². The van der Waals surface area contributed by atoms with Gasteiger partial charge in [0.1, 0.15) is 5.75 Å². The van der Waals surface area contributed by atoms with E-state index in [1.165, 1.54) is 18.1 Å². The van der Waals surface area contributed by atoms with Gasteiger partial charge < -0.3 is 9.84 Å². The number of halogens is 1. The maximum absolute atomic E-state index is 14.2. The number of benzene rings is 1. The number of allylic oxidation sites excluding steroid dienone is 3. The lowest BCUT2D eigenvalue weighted by molar-refractivity contribution is -0.134. The van der Waals surface area contributed by atoms with Crippen LogP contribution in [0.1, 0.15) is 71.1 Å². The third kappa shape index (κ3) is 3.84. The van der Waals surface area contributed by atoms with E-state index in [2.05, 4.69) is 33.8 Å². The predicted octanol–water partition coefficient (Wildman–Crippen LogP) is 5.98. The third-order valence-corrected chi connectivity index (χ3v) is 5.00. The molecule has 0 atom stereocenters. The molecule has 0 unspecified atom stereocenters. The van der Waals surface area contributed by atoms with Crippen LogP contribution in [-0.2, 0) is 10.2 Å². The molecule has 142 valence electrons. The Kier molecular flexibility index (Phi) is 5.94. The van der Waals surface area contributed by atoms with Crippen LogP contribution in [0.15, 0.2) is 24.0 Å². The Morgan fingerprint density at radius 3 is 2.54 bits per heavy atom. The number of carboxylic acids is 1. The zero-order valence-corrected chi connectivity index (χ0v) is 16.6. The van der Waals surface area contributed by atoms with E-state index < -0.39 is 11.8 Å². The Morgan fingerprint density at radius 1 is 1.35 bits per heavy atom. The summed E-state index contributed by atoms with van der Waals surface area (Å²) in [5, 5.41) is 9.06. The summed E-state index contributed by atoms with van der Waals surface area (Å²) in [6.07, 6.45) is 4.00. The van der Waals surface area contributed by atoms with Gasteiger partial charge in [0.2, 0.25) is 5.83 Å². The molecule has 2 rings (SSSR count). The van der Waals surface area contributed by atoms with Crippen molar-refractivity contribution < 1.29 is 19.0 Å². The topological polar surface area (TPSA) is 46.5 Å². The second kappa shape index (κ2) is 7.65. The van der Waals surface area contributed by atoms with Crippen LogP contribution in [0, 0.1) is 5.92 Å². The summed E-state index contributed by atoms with van der Waals surface area (Å²) in [4.78, 5) is 11.1. The average Bonchev–Trinajstić information content (AvgIpc) is 2.57. The van der Waals surface area contributed by atoms with Crippen molar-refractivity contribution in [3.05, 3.63) is 40.7 Å². The Morgan fingerprint density at radius 2 is 2.00 bits per heavy atom. The fourth-order valence-corrected chi connectivity index (χ4v) is 3.41. The molecule has 0 bridgehead atoms. The fourth-order valence-electron chi connectivity index (χ4n) is 3.41. The van der Waals surface area contributed by atoms with E-state index in [0.717, 1.165) is 18.4 Å². The zero-order chi connectivity index (χ0) is 19.6. The van der Waals surface area contributed by atoms with Crippen molar-refractivity contribution in [1.82, 2.24) is 0 Å². The summed E-state index contributed by atoms with van der Waals surface area (Å²) in [5.74, 6) is -1.82. The third-order valence-electron chi connectivity index (χ3n) is 5.00. The van der Waals surface area contributed by atoms with Crippen molar-refractivity contribution in [2.45, 2.75) is 59.8 Å². The zero-order valence-electron chi connectivity index (χ0n) is 16.6. The van der Waals surface area contributed by atoms with Crippen molar-refractivity contribution in [2.75, 3.05) is 6.61 Å². The van der Waals surface area contributed by atoms with Gasteiger partial charge in [0, 0.05) is 11.1 Å². The first-order valence-electron chi connectivity index (χ1n) is 9.22. The molecule has 0 aliphatic heterocycles. The molecule has 1 aromatic rings. The largest absolute Gasteiger partial charge is 0.493 e. The molecule has 0 fully saturated rings. The number of aliphatic carboxylic acids is 1. The second-order valence-electron chi connectivity index (χ2n) is 7.89. The summed E-state index contributed by atoms with van der Waals surface area (Å²) in [6.45, 7) is 12.6. The average molecular weight is 360 g/mol. The highest BCUT2D eigenvalue weighted by Gasteiger charge is 2.31. The van der Waals surface area contributed by atoms with E-state index in [-0.39, 0.29) is 11.0 Å². The fraction of sp³-hybridized carbons (Fsp3) is 0.500. The van der Waals surface area contributed by atoms with E-state index >= 15 is 0 Å². The van der Waals surface area contributed by atoms with Crippen LogP contribution in [0.4, 0.5) is 4.39 Å². The van der Waals surface area contributed by atoms with E-state index in [4.69, 9.17) is 9.84 Å². The summed E-state index contributed by atoms with van der Waals surface area (Å²) < 4.78 is 20.0. The van der Waals surface area contributed by atoms with E-state index in [9.17, 15) is 9.18 Å². The molecule has 0 saturated carbocycles. The minimum Gasteiger partial charge on any atom is -0.493 e. The molecule has 0 radical (unpaired) electrons. The molecule has 1 N–H and O–H groups in total. The number of carboxylic acid groups (broad SMARTS) is 1. The Bertz CT molecular complexity index is 770. The van der Waals surface area contributed by atoms with Crippen molar-refractivity contribution in [1.29, 1.82) is 0 Å². The van der Waals surface area contributed by atoms with Gasteiger partial charge in [-0.1, -0.05) is 40.7 Å². The van der Waals surface area contributed by atoms with Crippen molar-refractivity contribution in [2.24, 2.45) is 5.92 Å². The highest BCUT2D eigenvalue weighted by atomic mass is 19.1. The second-order valence-corrected chi connectivity index (χ2v) is 7.89. The maximum atomic E-state index is 14.2. The number of ether oxygens (including phenoxy) is 1. The molecule has 0 heterocycles. The lowest BCUT2D eigenvalue weighted by Crippen LogP contribution is -2.23. The van der Waals surface area contributed by atoms with Crippen LogP contribution in [0.25, 0.3) is 11.1 Å². The molecule has 1 aliphatic rings. The summed E-state index contributed by atoms with van der Waals surface area (Å²) >= 11 is 0. The molecule has 3 nitrogen and oxygen atoms in total. The summed E-state index contributed by atoms with van der Waals surface area (Å²) in [6, 6.07) is 3.89. The van der Waals surface area contributed by atoms with Gasteiger partial charge in [0.05, 0.1) is 6.61 Å². The van der Waals surface area contributed by atoms with Crippen LogP contribution >= 0.6 is 0 Å². The minimum atomic E-state index is -1.55. The molecule has 4 heteroatoms. The number of rotatable bonds is 6. The van der Waals surface area contributed by atoms with E-state index in [1.807, 2.05) is 19.1 Å². The minimum absolute atomic E-state index is 0.0560. The van der Waals surface area contributed by atoms with E-state index in [0.29, 0.717) is 23.8 Å². The van der Waals surface area contributed by atoms with Gasteiger partial charge in [-0.3, -0.25) is 0 Å². The van der Waals surface area contributed by atoms with Gasteiger partial charge in [0.25, 0.3) is 0 Å². The number of fused-ring (bicyclic) bond motifs is 1. The van der Waals surface area contributed by atoms with Gasteiger partial charge in [0.15, 0.2) is 0 Å². The first-order chi connectivity index (χ1) is 12.1. The molecule has 0 saturated heterocycles. The predicted molar refractivity (Wildman–Crippen MR) is 104 cm³/mol. The van der Waals surface area contributed by atoms with E-state index in [1.54, 1.807) is 0 Å². The van der Waals surface area contributed by atoms with Crippen LogP contribution in [0.2, 0.25) is 0 Å².